The molecule has 4 heterocycles. The van der Waals surface area contributed by atoms with Gasteiger partial charge in [0.25, 0.3) is 5.91 Å². The number of rotatable bonds is 7. The zero-order chi connectivity index (χ0) is 29.6. The second kappa shape index (κ2) is 11.0. The Hall–Kier alpha value is -4.07. The fourth-order valence-corrected chi connectivity index (χ4v) is 6.28. The Morgan fingerprint density at radius 2 is 1.98 bits per heavy atom. The van der Waals surface area contributed by atoms with Crippen LogP contribution in [0.4, 0.5) is 14.6 Å². The molecule has 1 amide bonds. The molecule has 3 atom stereocenters. The summed E-state index contributed by atoms with van der Waals surface area (Å²) in [6, 6.07) is 13.4. The molecule has 1 aliphatic heterocycles. The highest BCUT2D eigenvalue weighted by atomic mass is 32.2. The average molecular weight is 596 g/mol. The van der Waals surface area contributed by atoms with E-state index in [0.29, 0.717) is 22.6 Å². The van der Waals surface area contributed by atoms with Crippen LogP contribution in [0.15, 0.2) is 59.6 Å². The van der Waals surface area contributed by atoms with Crippen LogP contribution < -0.4 is 10.2 Å². The molecule has 0 spiro atoms. The van der Waals surface area contributed by atoms with Gasteiger partial charge in [0.05, 0.1) is 59.4 Å². The summed E-state index contributed by atoms with van der Waals surface area (Å²) in [5.74, 6) is -0.892. The quantitative estimate of drug-likeness (QED) is 0.342. The highest BCUT2D eigenvalue weighted by Gasteiger charge is 2.41. The third-order valence-corrected chi connectivity index (χ3v) is 9.26. The van der Waals surface area contributed by atoms with Crippen LogP contribution in [0.3, 0.4) is 0 Å². The molecule has 1 fully saturated rings. The van der Waals surface area contributed by atoms with Gasteiger partial charge in [0.2, 0.25) is 15.3 Å². The Morgan fingerprint density at radius 1 is 1.17 bits per heavy atom. The van der Waals surface area contributed by atoms with Crippen molar-refractivity contribution in [2.24, 2.45) is 0 Å². The van der Waals surface area contributed by atoms with Gasteiger partial charge < -0.3 is 19.7 Å². The van der Waals surface area contributed by atoms with Crippen molar-refractivity contribution < 1.29 is 31.5 Å². The van der Waals surface area contributed by atoms with Crippen molar-refractivity contribution in [3.63, 3.8) is 0 Å². The van der Waals surface area contributed by atoms with Crippen LogP contribution in [0.5, 0.6) is 0 Å². The summed E-state index contributed by atoms with van der Waals surface area (Å²) in [5.41, 5.74) is -0.451. The Bertz CT molecular complexity index is 1800. The van der Waals surface area contributed by atoms with E-state index in [9.17, 15) is 22.0 Å². The first-order valence-corrected chi connectivity index (χ1v) is 14.8. The number of anilines is 1. The normalized spacial score (nSPS) is 20.9. The number of hydrogen-bond acceptors (Lipinski definition) is 9. The number of likely N-dealkylation sites (N-methyl/N-ethyl adjacent to an activating group) is 1. The molecule has 6 rings (SSSR count). The largest absolute Gasteiger partial charge is 0.379 e. The number of fused-ring (bicyclic) bond motifs is 2. The lowest BCUT2D eigenvalue weighted by Gasteiger charge is -2.18. The number of nitrogens with zero attached hydrogens (tertiary/aromatic N) is 4. The molecule has 42 heavy (non-hydrogen) atoms. The molecule has 0 bridgehead atoms. The minimum absolute atomic E-state index is 0.0401. The summed E-state index contributed by atoms with van der Waals surface area (Å²) in [6.07, 6.45) is 2.78. The topological polar surface area (TPSA) is 124 Å². The lowest BCUT2D eigenvalue weighted by atomic mass is 10.1. The minimum atomic E-state index is -4.51. The van der Waals surface area contributed by atoms with Crippen LogP contribution in [0.25, 0.3) is 22.3 Å². The standard InChI is InChI=1S/C29H27F2N5O5S/c1-36(24-11-25(24)40-2)28-5-3-4-21(35-28)22-7-6-16-12-32-18(10-23(16)34-22)13-33-29(37)17-8-20(30)19-14-41-15-27(31)42(38,39)26(19)9-17/h3-10,12,24-25,27H,11,13-15H2,1-2H3,(H,33,37)/t24-,25-,27+/m0/s1. The molecule has 0 radical (unpaired) electrons. The molecular formula is C29H27F2N5O5S. The minimum Gasteiger partial charge on any atom is -0.379 e. The number of methoxy groups -OCH3 is 1. The average Bonchev–Trinajstić information content (AvgIpc) is 3.80. The van der Waals surface area contributed by atoms with Crippen LogP contribution in [-0.4, -0.2) is 67.7 Å². The summed E-state index contributed by atoms with van der Waals surface area (Å²) < 4.78 is 64.3. The lowest BCUT2D eigenvalue weighted by molar-refractivity contribution is 0.0938. The number of alkyl halides is 1. The van der Waals surface area contributed by atoms with Gasteiger partial charge in [-0.1, -0.05) is 6.07 Å². The SMILES string of the molecule is CO[C@H]1C[C@@H]1N(C)c1cccc(-c2ccc3cnc(CNC(=O)c4cc(F)c5c(c4)S(=O)(=O)[C@@H](F)COC5)cc3n2)n1. The van der Waals surface area contributed by atoms with Gasteiger partial charge in [-0.05, 0) is 48.9 Å². The molecule has 0 unspecified atom stereocenters. The summed E-state index contributed by atoms with van der Waals surface area (Å²) in [6.45, 7) is -1.17. The van der Waals surface area contributed by atoms with E-state index in [1.807, 2.05) is 37.4 Å². The van der Waals surface area contributed by atoms with E-state index in [2.05, 4.69) is 15.2 Å². The number of ether oxygens (including phenoxy) is 2. The van der Waals surface area contributed by atoms with Crippen molar-refractivity contribution in [1.29, 1.82) is 0 Å². The van der Waals surface area contributed by atoms with Gasteiger partial charge in [-0.3, -0.25) is 9.78 Å². The molecule has 2 aliphatic rings. The van der Waals surface area contributed by atoms with E-state index >= 15 is 0 Å². The first kappa shape index (κ1) is 28.1. The predicted molar refractivity (Wildman–Crippen MR) is 150 cm³/mol. The molecule has 3 aromatic heterocycles. The fourth-order valence-electron chi connectivity index (χ4n) is 4.94. The first-order valence-electron chi connectivity index (χ1n) is 13.2. The van der Waals surface area contributed by atoms with E-state index in [-0.39, 0.29) is 29.8 Å². The van der Waals surface area contributed by atoms with Crippen molar-refractivity contribution in [2.75, 3.05) is 25.7 Å². The summed E-state index contributed by atoms with van der Waals surface area (Å²) in [5, 5.41) is 3.40. The Kier molecular flexibility index (Phi) is 7.33. The maximum absolute atomic E-state index is 14.7. The van der Waals surface area contributed by atoms with E-state index in [1.165, 1.54) is 0 Å². The van der Waals surface area contributed by atoms with Crippen molar-refractivity contribution >= 4 is 32.5 Å². The molecule has 1 aromatic carbocycles. The number of carbonyl (C=O) groups is 1. The van der Waals surface area contributed by atoms with E-state index in [1.54, 1.807) is 19.4 Å². The maximum atomic E-state index is 14.7. The molecule has 218 valence electrons. The molecule has 10 nitrogen and oxygen atoms in total. The van der Waals surface area contributed by atoms with Crippen LogP contribution >= 0.6 is 0 Å². The van der Waals surface area contributed by atoms with Crippen LogP contribution in [-0.2, 0) is 32.5 Å². The van der Waals surface area contributed by atoms with Crippen molar-refractivity contribution in [1.82, 2.24) is 20.3 Å². The van der Waals surface area contributed by atoms with Gasteiger partial charge in [-0.15, -0.1) is 0 Å². The monoisotopic (exact) mass is 595 g/mol. The second-order valence-corrected chi connectivity index (χ2v) is 12.3. The summed E-state index contributed by atoms with van der Waals surface area (Å²) in [4.78, 5) is 28.3. The van der Waals surface area contributed by atoms with Crippen LogP contribution in [0.2, 0.25) is 0 Å². The van der Waals surface area contributed by atoms with Gasteiger partial charge in [-0.25, -0.2) is 27.2 Å². The Labute approximate surface area is 240 Å². The molecule has 1 N–H and O–H groups in total. The smallest absolute Gasteiger partial charge is 0.251 e. The molecule has 4 aromatic rings. The molecule has 0 saturated heterocycles. The summed E-state index contributed by atoms with van der Waals surface area (Å²) in [7, 11) is -0.822. The predicted octanol–water partition coefficient (Wildman–Crippen LogP) is 3.58. The molecular weight excluding hydrogens is 568 g/mol. The van der Waals surface area contributed by atoms with Gasteiger partial charge in [0.15, 0.2) is 0 Å². The Balaban J connectivity index is 1.20. The van der Waals surface area contributed by atoms with E-state index < -0.39 is 45.2 Å². The maximum Gasteiger partial charge on any atom is 0.251 e. The van der Waals surface area contributed by atoms with E-state index in [0.717, 1.165) is 29.8 Å². The van der Waals surface area contributed by atoms with Crippen LogP contribution in [0, 0.1) is 5.82 Å². The summed E-state index contributed by atoms with van der Waals surface area (Å²) >= 11 is 0. The van der Waals surface area contributed by atoms with Gasteiger partial charge in [-0.2, -0.15) is 0 Å². The lowest BCUT2D eigenvalue weighted by Crippen LogP contribution is -2.25. The highest BCUT2D eigenvalue weighted by Crippen LogP contribution is 2.33. The number of aromatic nitrogens is 3. The highest BCUT2D eigenvalue weighted by molar-refractivity contribution is 7.92. The van der Waals surface area contributed by atoms with E-state index in [4.69, 9.17) is 19.4 Å². The van der Waals surface area contributed by atoms with Crippen molar-refractivity contribution in [3.8, 4) is 11.4 Å². The number of hydrogen-bond donors (Lipinski definition) is 1. The van der Waals surface area contributed by atoms with Crippen molar-refractivity contribution in [2.45, 2.75) is 42.1 Å². The zero-order valence-electron chi connectivity index (χ0n) is 22.8. The van der Waals surface area contributed by atoms with Gasteiger partial charge in [0, 0.05) is 36.9 Å². The number of amides is 1. The number of carbonyl (C=O) groups excluding carboxylic acids is 1. The fraction of sp³-hybridized carbons (Fsp3) is 0.310. The number of nitrogens with one attached hydrogen (secondary N) is 1. The van der Waals surface area contributed by atoms with Gasteiger partial charge >= 0.3 is 0 Å². The number of pyridine rings is 3. The molecule has 1 saturated carbocycles. The molecule has 13 heteroatoms. The number of sulfone groups is 1. The first-order chi connectivity index (χ1) is 20.2. The second-order valence-electron chi connectivity index (χ2n) is 10.2. The third-order valence-electron chi connectivity index (χ3n) is 7.47. The Morgan fingerprint density at radius 3 is 2.76 bits per heavy atom. The zero-order valence-corrected chi connectivity index (χ0v) is 23.6. The number of halogens is 2. The third kappa shape index (κ3) is 5.30. The molecule has 1 aliphatic carbocycles. The van der Waals surface area contributed by atoms with Crippen LogP contribution in [0.1, 0.15) is 28.0 Å². The van der Waals surface area contributed by atoms with Gasteiger partial charge in [0.1, 0.15) is 11.6 Å². The number of benzene rings is 1. The van der Waals surface area contributed by atoms with Crippen molar-refractivity contribution in [3.05, 3.63) is 77.4 Å².